The molecule has 1 aliphatic heterocycles. The molecule has 1 aromatic carbocycles. The van der Waals surface area contributed by atoms with E-state index in [0.717, 1.165) is 4.90 Å². The third-order valence-corrected chi connectivity index (χ3v) is 6.36. The number of hydrogen-bond donors (Lipinski definition) is 0. The first-order valence-corrected chi connectivity index (χ1v) is 10.0. The number of hydrogen-bond acceptors (Lipinski definition) is 9. The molecule has 0 radical (unpaired) electrons. The number of ether oxygens (including phenoxy) is 3. The standard InChI is InChI=1S/C18H19NO6S2/c1-10(20)23-15-9-26-18(27-14-6-4-5-13(7-14)8-19)17(25-12(3)22)16(15)24-11(2)21/h4-7,15-18H,9H2,1-3H3/t15-,16+,17-,18+/m1/s1. The van der Waals surface area contributed by atoms with Crippen molar-refractivity contribution in [2.24, 2.45) is 0 Å². The average molecular weight is 409 g/mol. The van der Waals surface area contributed by atoms with E-state index in [1.807, 2.05) is 6.07 Å². The minimum Gasteiger partial charge on any atom is -0.458 e. The topological polar surface area (TPSA) is 103 Å². The van der Waals surface area contributed by atoms with Crippen LogP contribution in [-0.2, 0) is 28.6 Å². The predicted molar refractivity (Wildman–Crippen MR) is 99.9 cm³/mol. The van der Waals surface area contributed by atoms with Gasteiger partial charge in [0.2, 0.25) is 0 Å². The van der Waals surface area contributed by atoms with E-state index in [0.29, 0.717) is 11.3 Å². The van der Waals surface area contributed by atoms with E-state index >= 15 is 0 Å². The maximum atomic E-state index is 11.6. The summed E-state index contributed by atoms with van der Waals surface area (Å²) in [7, 11) is 0. The first-order valence-electron chi connectivity index (χ1n) is 8.10. The van der Waals surface area contributed by atoms with Gasteiger partial charge >= 0.3 is 17.9 Å². The first kappa shape index (κ1) is 21.1. The second-order valence-corrected chi connectivity index (χ2v) is 8.44. The Morgan fingerprint density at radius 1 is 1.07 bits per heavy atom. The van der Waals surface area contributed by atoms with Gasteiger partial charge in [0.15, 0.2) is 18.3 Å². The smallest absolute Gasteiger partial charge is 0.303 e. The first-order chi connectivity index (χ1) is 12.8. The van der Waals surface area contributed by atoms with E-state index < -0.39 is 36.2 Å². The van der Waals surface area contributed by atoms with Gasteiger partial charge in [-0.3, -0.25) is 14.4 Å². The number of esters is 3. The van der Waals surface area contributed by atoms with Crippen molar-refractivity contribution < 1.29 is 28.6 Å². The number of carbonyl (C=O) groups is 3. The van der Waals surface area contributed by atoms with Crippen molar-refractivity contribution in [2.75, 3.05) is 5.75 Å². The minimum absolute atomic E-state index is 0.306. The Bertz CT molecular complexity index is 762. The molecule has 7 nitrogen and oxygen atoms in total. The van der Waals surface area contributed by atoms with Crippen LogP contribution in [0.1, 0.15) is 26.3 Å². The van der Waals surface area contributed by atoms with E-state index in [4.69, 9.17) is 19.5 Å². The van der Waals surface area contributed by atoms with E-state index in [9.17, 15) is 14.4 Å². The number of nitrogens with zero attached hydrogens (tertiary/aromatic N) is 1. The fourth-order valence-electron chi connectivity index (χ4n) is 2.58. The Kier molecular flexibility index (Phi) is 7.56. The maximum absolute atomic E-state index is 11.6. The number of benzene rings is 1. The minimum atomic E-state index is -0.909. The lowest BCUT2D eigenvalue weighted by molar-refractivity contribution is -0.180. The number of thioether (sulfide) groups is 2. The summed E-state index contributed by atoms with van der Waals surface area (Å²) in [6, 6.07) is 9.11. The normalized spacial score (nSPS) is 24.4. The molecule has 0 unspecified atom stereocenters. The van der Waals surface area contributed by atoms with Crippen molar-refractivity contribution in [1.29, 1.82) is 5.26 Å². The Morgan fingerprint density at radius 2 is 1.70 bits per heavy atom. The summed E-state index contributed by atoms with van der Waals surface area (Å²) in [6.45, 7) is 3.78. The molecule has 0 amide bonds. The molecule has 0 spiro atoms. The molecule has 1 heterocycles. The van der Waals surface area contributed by atoms with Crippen molar-refractivity contribution >= 4 is 41.4 Å². The van der Waals surface area contributed by atoms with Gasteiger partial charge in [0.05, 0.1) is 16.2 Å². The van der Waals surface area contributed by atoms with Crippen LogP contribution >= 0.6 is 23.5 Å². The van der Waals surface area contributed by atoms with Crippen molar-refractivity contribution in [1.82, 2.24) is 0 Å². The molecule has 27 heavy (non-hydrogen) atoms. The van der Waals surface area contributed by atoms with Crippen LogP contribution in [0.15, 0.2) is 29.2 Å². The molecule has 9 heteroatoms. The summed E-state index contributed by atoms with van der Waals surface area (Å²) in [5, 5.41) is 9.06. The second kappa shape index (κ2) is 9.67. The van der Waals surface area contributed by atoms with Gasteiger partial charge in [-0.1, -0.05) is 6.07 Å². The number of rotatable bonds is 5. The van der Waals surface area contributed by atoms with Crippen LogP contribution in [0.3, 0.4) is 0 Å². The zero-order chi connectivity index (χ0) is 20.0. The highest BCUT2D eigenvalue weighted by Crippen LogP contribution is 2.41. The average Bonchev–Trinajstić information content (AvgIpc) is 2.59. The van der Waals surface area contributed by atoms with Crippen LogP contribution in [0.4, 0.5) is 0 Å². The highest BCUT2D eigenvalue weighted by molar-refractivity contribution is 8.17. The largest absolute Gasteiger partial charge is 0.458 e. The molecule has 1 aliphatic rings. The van der Waals surface area contributed by atoms with Gasteiger partial charge in [-0.2, -0.15) is 5.26 Å². The van der Waals surface area contributed by atoms with Crippen LogP contribution in [0.2, 0.25) is 0 Å². The second-order valence-electron chi connectivity index (χ2n) is 5.76. The summed E-state index contributed by atoms with van der Waals surface area (Å²) >= 11 is 2.84. The molecule has 4 atom stereocenters. The lowest BCUT2D eigenvalue weighted by Crippen LogP contribution is -2.53. The summed E-state index contributed by atoms with van der Waals surface area (Å²) < 4.78 is 15.8. The Labute approximate surface area is 165 Å². The third kappa shape index (κ3) is 6.19. The van der Waals surface area contributed by atoms with Gasteiger partial charge in [0.25, 0.3) is 0 Å². The molecule has 0 N–H and O–H groups in total. The van der Waals surface area contributed by atoms with Crippen molar-refractivity contribution in [2.45, 2.75) is 48.6 Å². The molecular formula is C18H19NO6S2. The number of carbonyl (C=O) groups excluding carboxylic acids is 3. The molecule has 0 bridgehead atoms. The molecule has 0 aliphatic carbocycles. The summed E-state index contributed by atoms with van der Waals surface area (Å²) in [6.07, 6.45) is -2.44. The molecule has 1 aromatic rings. The van der Waals surface area contributed by atoms with Crippen LogP contribution in [0.25, 0.3) is 0 Å². The molecule has 0 saturated carbocycles. The quantitative estimate of drug-likeness (QED) is 0.536. The van der Waals surface area contributed by atoms with Gasteiger partial charge < -0.3 is 14.2 Å². The van der Waals surface area contributed by atoms with Gasteiger partial charge in [0.1, 0.15) is 0 Å². The van der Waals surface area contributed by atoms with E-state index in [-0.39, 0.29) is 4.58 Å². The van der Waals surface area contributed by atoms with Crippen molar-refractivity contribution in [3.63, 3.8) is 0 Å². The van der Waals surface area contributed by atoms with Crippen molar-refractivity contribution in [3.05, 3.63) is 29.8 Å². The van der Waals surface area contributed by atoms with E-state index in [1.165, 1.54) is 44.3 Å². The molecule has 144 valence electrons. The number of nitriles is 1. The SMILES string of the molecule is CC(=O)O[C@@H]1[C@@H](OC(C)=O)[C@H](Sc2cccc(C#N)c2)SC[C@H]1OC(C)=O. The zero-order valence-electron chi connectivity index (χ0n) is 15.0. The monoisotopic (exact) mass is 409 g/mol. The van der Waals surface area contributed by atoms with Gasteiger partial charge in [-0.05, 0) is 18.2 Å². The molecule has 0 aromatic heterocycles. The third-order valence-electron chi connectivity index (χ3n) is 3.52. The summed E-state index contributed by atoms with van der Waals surface area (Å²) in [5.41, 5.74) is 0.513. The Morgan fingerprint density at radius 3 is 2.30 bits per heavy atom. The molecule has 1 fully saturated rings. The lowest BCUT2D eigenvalue weighted by atomic mass is 10.1. The van der Waals surface area contributed by atoms with Crippen LogP contribution in [0, 0.1) is 11.3 Å². The van der Waals surface area contributed by atoms with Crippen LogP contribution < -0.4 is 0 Å². The van der Waals surface area contributed by atoms with E-state index in [1.54, 1.807) is 18.2 Å². The lowest BCUT2D eigenvalue weighted by Gasteiger charge is -2.39. The zero-order valence-corrected chi connectivity index (χ0v) is 16.7. The highest BCUT2D eigenvalue weighted by Gasteiger charge is 2.46. The maximum Gasteiger partial charge on any atom is 0.303 e. The Hall–Kier alpha value is -2.18. The van der Waals surface area contributed by atoms with E-state index in [2.05, 4.69) is 6.07 Å². The van der Waals surface area contributed by atoms with Crippen molar-refractivity contribution in [3.8, 4) is 6.07 Å². The van der Waals surface area contributed by atoms with Crippen LogP contribution in [0.5, 0.6) is 0 Å². The van der Waals surface area contributed by atoms with Crippen LogP contribution in [-0.4, -0.2) is 46.6 Å². The fraction of sp³-hybridized carbons (Fsp3) is 0.444. The predicted octanol–water partition coefficient (Wildman–Crippen LogP) is 2.52. The molecular weight excluding hydrogens is 390 g/mol. The summed E-state index contributed by atoms with van der Waals surface area (Å²) in [4.78, 5) is 35.4. The fourth-order valence-corrected chi connectivity index (χ4v) is 5.43. The highest BCUT2D eigenvalue weighted by atomic mass is 32.2. The van der Waals surface area contributed by atoms with Gasteiger partial charge in [0, 0.05) is 31.4 Å². The summed E-state index contributed by atoms with van der Waals surface area (Å²) in [5.74, 6) is -1.22. The molecule has 1 saturated heterocycles. The van der Waals surface area contributed by atoms with Gasteiger partial charge in [-0.15, -0.1) is 23.5 Å². The van der Waals surface area contributed by atoms with Gasteiger partial charge in [-0.25, -0.2) is 0 Å². The molecule has 2 rings (SSSR count). The Balaban J connectivity index is 2.29.